The van der Waals surface area contributed by atoms with Crippen molar-refractivity contribution in [3.8, 4) is 0 Å². The van der Waals surface area contributed by atoms with Gasteiger partial charge in [-0.2, -0.15) is 0 Å². The zero-order chi connectivity index (χ0) is 16.9. The standard InChI is InChI=1S/C19H17Cl2NO2/c20-15-4-7-17(18(21)13-15)19(23)8-3-14-1-5-16(6-2-14)22-9-11-24-12-10-22/h1-8,13H,9-12H2/b8-3+. The number of morpholine rings is 1. The molecule has 0 amide bonds. The van der Waals surface area contributed by atoms with E-state index in [1.165, 1.54) is 11.8 Å². The summed E-state index contributed by atoms with van der Waals surface area (Å²) >= 11 is 11.9. The lowest BCUT2D eigenvalue weighted by atomic mass is 10.1. The second-order valence-corrected chi connectivity index (χ2v) is 6.36. The van der Waals surface area contributed by atoms with E-state index < -0.39 is 0 Å². The number of nitrogens with zero attached hydrogens (tertiary/aromatic N) is 1. The summed E-state index contributed by atoms with van der Waals surface area (Å²) in [5.74, 6) is -0.145. The topological polar surface area (TPSA) is 29.5 Å². The first-order valence-electron chi connectivity index (χ1n) is 7.74. The summed E-state index contributed by atoms with van der Waals surface area (Å²) in [4.78, 5) is 14.5. The van der Waals surface area contributed by atoms with Crippen molar-refractivity contribution in [1.82, 2.24) is 0 Å². The Morgan fingerprint density at radius 3 is 2.42 bits per heavy atom. The molecule has 0 saturated carbocycles. The van der Waals surface area contributed by atoms with Gasteiger partial charge in [-0.1, -0.05) is 41.4 Å². The van der Waals surface area contributed by atoms with E-state index in [0.29, 0.717) is 15.6 Å². The molecule has 0 bridgehead atoms. The van der Waals surface area contributed by atoms with Crippen LogP contribution < -0.4 is 4.90 Å². The zero-order valence-corrected chi connectivity index (χ0v) is 14.6. The Bertz CT molecular complexity index is 750. The van der Waals surface area contributed by atoms with Crippen molar-refractivity contribution in [3.63, 3.8) is 0 Å². The van der Waals surface area contributed by atoms with Crippen LogP contribution in [0.15, 0.2) is 48.5 Å². The number of carbonyl (C=O) groups excluding carboxylic acids is 1. The van der Waals surface area contributed by atoms with E-state index in [0.717, 1.165) is 31.9 Å². The lowest BCUT2D eigenvalue weighted by molar-refractivity contribution is 0.104. The third-order valence-electron chi connectivity index (χ3n) is 3.89. The molecule has 1 aliphatic rings. The largest absolute Gasteiger partial charge is 0.378 e. The van der Waals surface area contributed by atoms with Gasteiger partial charge in [0.2, 0.25) is 0 Å². The van der Waals surface area contributed by atoms with Crippen LogP contribution in [-0.4, -0.2) is 32.1 Å². The quantitative estimate of drug-likeness (QED) is 0.582. The maximum atomic E-state index is 12.2. The summed E-state index contributed by atoms with van der Waals surface area (Å²) in [6, 6.07) is 13.0. The Hall–Kier alpha value is -1.81. The Labute approximate surface area is 151 Å². The van der Waals surface area contributed by atoms with Crippen LogP contribution in [0.3, 0.4) is 0 Å². The number of hydrogen-bond donors (Lipinski definition) is 0. The van der Waals surface area contributed by atoms with E-state index >= 15 is 0 Å². The number of anilines is 1. The highest BCUT2D eigenvalue weighted by Gasteiger charge is 2.11. The predicted octanol–water partition coefficient (Wildman–Crippen LogP) is 4.73. The third kappa shape index (κ3) is 4.18. The molecular weight excluding hydrogens is 345 g/mol. The van der Waals surface area contributed by atoms with Crippen molar-refractivity contribution in [3.05, 3.63) is 69.7 Å². The molecule has 1 fully saturated rings. The monoisotopic (exact) mass is 361 g/mol. The number of halogens is 2. The Morgan fingerprint density at radius 2 is 1.75 bits per heavy atom. The van der Waals surface area contributed by atoms with Crippen molar-refractivity contribution in [2.24, 2.45) is 0 Å². The number of allylic oxidation sites excluding steroid dienone is 1. The van der Waals surface area contributed by atoms with Crippen LogP contribution in [0.1, 0.15) is 15.9 Å². The van der Waals surface area contributed by atoms with Gasteiger partial charge in [-0.05, 0) is 42.0 Å². The molecule has 0 aromatic heterocycles. The summed E-state index contributed by atoms with van der Waals surface area (Å²) < 4.78 is 5.36. The van der Waals surface area contributed by atoms with Crippen LogP contribution in [0.5, 0.6) is 0 Å². The number of carbonyl (C=O) groups is 1. The zero-order valence-electron chi connectivity index (χ0n) is 13.0. The van der Waals surface area contributed by atoms with Gasteiger partial charge in [-0.25, -0.2) is 0 Å². The smallest absolute Gasteiger partial charge is 0.187 e. The first-order valence-corrected chi connectivity index (χ1v) is 8.49. The SMILES string of the molecule is O=C(/C=C/c1ccc(N2CCOCC2)cc1)c1ccc(Cl)cc1Cl. The number of rotatable bonds is 4. The minimum atomic E-state index is -0.145. The van der Waals surface area contributed by atoms with Crippen molar-refractivity contribution >= 4 is 40.7 Å². The lowest BCUT2D eigenvalue weighted by Gasteiger charge is -2.28. The van der Waals surface area contributed by atoms with Gasteiger partial charge in [0.05, 0.1) is 18.2 Å². The fraction of sp³-hybridized carbons (Fsp3) is 0.211. The first kappa shape index (κ1) is 17.0. The van der Waals surface area contributed by atoms with E-state index in [2.05, 4.69) is 17.0 Å². The van der Waals surface area contributed by atoms with Gasteiger partial charge in [0, 0.05) is 29.4 Å². The van der Waals surface area contributed by atoms with E-state index in [1.807, 2.05) is 12.1 Å². The van der Waals surface area contributed by atoms with E-state index in [9.17, 15) is 4.79 Å². The highest BCUT2D eigenvalue weighted by atomic mass is 35.5. The summed E-state index contributed by atoms with van der Waals surface area (Å²) in [7, 11) is 0. The number of ketones is 1. The molecule has 1 aliphatic heterocycles. The van der Waals surface area contributed by atoms with Crippen molar-refractivity contribution in [2.45, 2.75) is 0 Å². The third-order valence-corrected chi connectivity index (χ3v) is 4.44. The van der Waals surface area contributed by atoms with Crippen LogP contribution >= 0.6 is 23.2 Å². The molecule has 24 heavy (non-hydrogen) atoms. The average molecular weight is 362 g/mol. The molecule has 0 atom stereocenters. The second-order valence-electron chi connectivity index (χ2n) is 5.51. The summed E-state index contributed by atoms with van der Waals surface area (Å²) in [6.45, 7) is 3.33. The van der Waals surface area contributed by atoms with Gasteiger partial charge in [0.15, 0.2) is 5.78 Å². The minimum Gasteiger partial charge on any atom is -0.378 e. The van der Waals surface area contributed by atoms with Crippen LogP contribution in [0.2, 0.25) is 10.0 Å². The maximum absolute atomic E-state index is 12.2. The van der Waals surface area contributed by atoms with Crippen LogP contribution in [0.4, 0.5) is 5.69 Å². The molecule has 0 aliphatic carbocycles. The minimum absolute atomic E-state index is 0.145. The van der Waals surface area contributed by atoms with E-state index in [4.69, 9.17) is 27.9 Å². The summed E-state index contributed by atoms with van der Waals surface area (Å²) in [5.41, 5.74) is 2.58. The molecule has 0 radical (unpaired) electrons. The van der Waals surface area contributed by atoms with Crippen molar-refractivity contribution < 1.29 is 9.53 Å². The fourth-order valence-corrected chi connectivity index (χ4v) is 3.07. The van der Waals surface area contributed by atoms with Crippen LogP contribution in [0.25, 0.3) is 6.08 Å². The van der Waals surface area contributed by atoms with Gasteiger partial charge in [-0.3, -0.25) is 4.79 Å². The van der Waals surface area contributed by atoms with Gasteiger partial charge in [-0.15, -0.1) is 0 Å². The number of benzene rings is 2. The molecule has 3 nitrogen and oxygen atoms in total. The first-order chi connectivity index (χ1) is 11.6. The van der Waals surface area contributed by atoms with Gasteiger partial charge in [0.25, 0.3) is 0 Å². The Balaban J connectivity index is 1.68. The van der Waals surface area contributed by atoms with Crippen LogP contribution in [-0.2, 0) is 4.74 Å². The van der Waals surface area contributed by atoms with Gasteiger partial charge in [0.1, 0.15) is 0 Å². The summed E-state index contributed by atoms with van der Waals surface area (Å²) in [5, 5.41) is 0.874. The predicted molar refractivity (Wildman–Crippen MR) is 99.3 cm³/mol. The molecule has 3 rings (SSSR count). The maximum Gasteiger partial charge on any atom is 0.187 e. The molecule has 5 heteroatoms. The van der Waals surface area contributed by atoms with Crippen molar-refractivity contribution in [2.75, 3.05) is 31.2 Å². The molecular formula is C19H17Cl2NO2. The number of ether oxygens (including phenoxy) is 1. The normalized spacial score (nSPS) is 15.0. The highest BCUT2D eigenvalue weighted by Crippen LogP contribution is 2.22. The highest BCUT2D eigenvalue weighted by molar-refractivity contribution is 6.37. The molecule has 1 heterocycles. The Morgan fingerprint density at radius 1 is 1.04 bits per heavy atom. The molecule has 0 unspecified atom stereocenters. The van der Waals surface area contributed by atoms with E-state index in [1.54, 1.807) is 24.3 Å². The molecule has 0 N–H and O–H groups in total. The molecule has 124 valence electrons. The molecule has 1 saturated heterocycles. The van der Waals surface area contributed by atoms with Gasteiger partial charge >= 0.3 is 0 Å². The fourth-order valence-electron chi connectivity index (χ4n) is 2.57. The second kappa shape index (κ2) is 7.84. The van der Waals surface area contributed by atoms with E-state index in [-0.39, 0.29) is 5.78 Å². The van der Waals surface area contributed by atoms with Crippen molar-refractivity contribution in [1.29, 1.82) is 0 Å². The lowest BCUT2D eigenvalue weighted by Crippen LogP contribution is -2.36. The molecule has 0 spiro atoms. The Kier molecular flexibility index (Phi) is 5.56. The molecule has 2 aromatic carbocycles. The number of hydrogen-bond acceptors (Lipinski definition) is 3. The average Bonchev–Trinajstić information content (AvgIpc) is 2.61. The summed E-state index contributed by atoms with van der Waals surface area (Å²) in [6.07, 6.45) is 3.31. The molecule has 2 aromatic rings. The van der Waals surface area contributed by atoms with Crippen LogP contribution in [0, 0.1) is 0 Å². The van der Waals surface area contributed by atoms with Gasteiger partial charge < -0.3 is 9.64 Å².